The Kier molecular flexibility index (Phi) is 3.98. The van der Waals surface area contributed by atoms with Crippen LogP contribution in [0.5, 0.6) is 0 Å². The number of nitrogens with zero attached hydrogens (tertiary/aromatic N) is 4. The smallest absolute Gasteiger partial charge is 0.276 e. The van der Waals surface area contributed by atoms with Crippen molar-refractivity contribution in [2.45, 2.75) is 32.2 Å². The Morgan fingerprint density at radius 3 is 3.00 bits per heavy atom. The third-order valence-electron chi connectivity index (χ3n) is 4.11. The molecule has 0 aromatic carbocycles. The highest BCUT2D eigenvalue weighted by molar-refractivity contribution is 5.94. The minimum Gasteiger partial charge on any atom is -0.440 e. The molecule has 0 radical (unpaired) electrons. The molecule has 118 valence electrons. The van der Waals surface area contributed by atoms with Gasteiger partial charge in [-0.05, 0) is 26.2 Å². The summed E-state index contributed by atoms with van der Waals surface area (Å²) in [5.74, 6) is 0.868. The zero-order chi connectivity index (χ0) is 15.7. The van der Waals surface area contributed by atoms with Crippen LogP contribution in [0.25, 0.3) is 11.5 Å². The number of aryl methyl sites for hydroxylation is 2. The number of hydrogen-bond acceptors (Lipinski definition) is 5. The number of aromatic nitrogens is 3. The minimum atomic E-state index is -0.0912. The number of hydrogen-bond donors (Lipinski definition) is 1. The first-order valence-electron chi connectivity index (χ1n) is 7.57. The van der Waals surface area contributed by atoms with Crippen LogP contribution in [-0.2, 0) is 7.05 Å². The Morgan fingerprint density at radius 2 is 2.32 bits per heavy atom. The number of nitrogens with two attached hydrogens (primary N) is 1. The molecule has 1 fully saturated rings. The maximum Gasteiger partial charge on any atom is 0.276 e. The number of piperidine rings is 1. The lowest BCUT2D eigenvalue weighted by atomic mass is 10.0. The fourth-order valence-electron chi connectivity index (χ4n) is 2.90. The molecule has 2 aromatic heterocycles. The molecule has 1 atom stereocenters. The first-order valence-corrected chi connectivity index (χ1v) is 7.57. The first kappa shape index (κ1) is 14.8. The molecule has 2 N–H and O–H groups in total. The second-order valence-electron chi connectivity index (χ2n) is 5.71. The van der Waals surface area contributed by atoms with Crippen molar-refractivity contribution in [3.8, 4) is 11.5 Å². The highest BCUT2D eigenvalue weighted by Crippen LogP contribution is 2.24. The van der Waals surface area contributed by atoms with E-state index in [9.17, 15) is 4.79 Å². The van der Waals surface area contributed by atoms with Gasteiger partial charge in [-0.1, -0.05) is 0 Å². The van der Waals surface area contributed by atoms with Crippen molar-refractivity contribution in [3.63, 3.8) is 0 Å². The van der Waals surface area contributed by atoms with Gasteiger partial charge in [0.2, 0.25) is 5.89 Å². The summed E-state index contributed by atoms with van der Waals surface area (Å²) in [6.07, 6.45) is 6.56. The summed E-state index contributed by atoms with van der Waals surface area (Å²) in [7, 11) is 1.82. The first-order chi connectivity index (χ1) is 10.6. The Bertz CT molecular complexity index is 675. The van der Waals surface area contributed by atoms with E-state index in [-0.39, 0.29) is 11.9 Å². The predicted molar refractivity (Wildman–Crippen MR) is 81.2 cm³/mol. The Balaban J connectivity index is 1.88. The zero-order valence-electron chi connectivity index (χ0n) is 13.0. The average Bonchev–Trinajstić information content (AvgIpc) is 3.12. The molecule has 0 unspecified atom stereocenters. The SMILES string of the molecule is Cc1oc(-c2cnn(C)c2)nc1C(=O)N1CCCC[C@H]1CN. The van der Waals surface area contributed by atoms with Crippen molar-refractivity contribution in [2.75, 3.05) is 13.1 Å². The summed E-state index contributed by atoms with van der Waals surface area (Å²) in [4.78, 5) is 19.0. The Hall–Kier alpha value is -2.15. The van der Waals surface area contributed by atoms with Gasteiger partial charge in [-0.2, -0.15) is 5.10 Å². The second-order valence-corrected chi connectivity index (χ2v) is 5.71. The van der Waals surface area contributed by atoms with E-state index in [2.05, 4.69) is 10.1 Å². The molecule has 1 saturated heterocycles. The number of oxazole rings is 1. The third kappa shape index (κ3) is 2.64. The van der Waals surface area contributed by atoms with Gasteiger partial charge in [0.15, 0.2) is 5.69 Å². The fraction of sp³-hybridized carbons (Fsp3) is 0.533. The lowest BCUT2D eigenvalue weighted by molar-refractivity contribution is 0.0616. The number of carbonyl (C=O) groups excluding carboxylic acids is 1. The molecule has 2 aromatic rings. The van der Waals surface area contributed by atoms with Crippen LogP contribution in [0.1, 0.15) is 35.5 Å². The molecule has 3 rings (SSSR count). The van der Waals surface area contributed by atoms with E-state index >= 15 is 0 Å². The average molecular weight is 303 g/mol. The molecule has 1 amide bonds. The van der Waals surface area contributed by atoms with Gasteiger partial charge in [0, 0.05) is 32.4 Å². The summed E-state index contributed by atoms with van der Waals surface area (Å²) < 4.78 is 7.32. The molecule has 0 bridgehead atoms. The summed E-state index contributed by atoms with van der Waals surface area (Å²) in [6, 6.07) is 0.0965. The van der Waals surface area contributed by atoms with Crippen molar-refractivity contribution in [2.24, 2.45) is 12.8 Å². The van der Waals surface area contributed by atoms with E-state index in [1.54, 1.807) is 17.8 Å². The van der Waals surface area contributed by atoms with Crippen molar-refractivity contribution in [1.29, 1.82) is 0 Å². The van der Waals surface area contributed by atoms with E-state index in [4.69, 9.17) is 10.2 Å². The highest BCUT2D eigenvalue weighted by Gasteiger charge is 2.30. The summed E-state index contributed by atoms with van der Waals surface area (Å²) in [5.41, 5.74) is 6.93. The van der Waals surface area contributed by atoms with Gasteiger partial charge in [0.25, 0.3) is 5.91 Å². The van der Waals surface area contributed by atoms with Crippen LogP contribution < -0.4 is 5.73 Å². The summed E-state index contributed by atoms with van der Waals surface area (Å²) in [5, 5.41) is 4.10. The lowest BCUT2D eigenvalue weighted by Crippen LogP contribution is -2.47. The van der Waals surface area contributed by atoms with Gasteiger partial charge in [-0.15, -0.1) is 0 Å². The topological polar surface area (TPSA) is 90.2 Å². The monoisotopic (exact) mass is 303 g/mol. The van der Waals surface area contributed by atoms with Crippen LogP contribution in [0.15, 0.2) is 16.8 Å². The molecule has 7 nitrogen and oxygen atoms in total. The molecule has 1 aliphatic heterocycles. The molecule has 22 heavy (non-hydrogen) atoms. The number of carbonyl (C=O) groups is 1. The molecule has 3 heterocycles. The molecule has 7 heteroatoms. The van der Waals surface area contributed by atoms with Gasteiger partial charge < -0.3 is 15.1 Å². The van der Waals surface area contributed by atoms with E-state index in [1.807, 2.05) is 18.1 Å². The normalized spacial score (nSPS) is 18.7. The van der Waals surface area contributed by atoms with Gasteiger partial charge in [-0.3, -0.25) is 9.48 Å². The molecule has 1 aliphatic rings. The standard InChI is InChI=1S/C15H21N5O2/c1-10-13(15(21)20-6-4-3-5-12(20)7-16)18-14(22-10)11-8-17-19(2)9-11/h8-9,12H,3-7,16H2,1-2H3/t12-/m0/s1. The molecule has 0 saturated carbocycles. The third-order valence-corrected chi connectivity index (χ3v) is 4.11. The van der Waals surface area contributed by atoms with Crippen molar-refractivity contribution >= 4 is 5.91 Å². The maximum absolute atomic E-state index is 12.8. The molecular formula is C15H21N5O2. The maximum atomic E-state index is 12.8. The fourth-order valence-corrected chi connectivity index (χ4v) is 2.90. The van der Waals surface area contributed by atoms with Gasteiger partial charge in [0.1, 0.15) is 5.76 Å². The minimum absolute atomic E-state index is 0.0912. The van der Waals surface area contributed by atoms with Crippen LogP contribution in [0.2, 0.25) is 0 Å². The number of rotatable bonds is 3. The van der Waals surface area contributed by atoms with Crippen LogP contribution in [0, 0.1) is 6.92 Å². The molecule has 0 aliphatic carbocycles. The van der Waals surface area contributed by atoms with Crippen LogP contribution in [0.3, 0.4) is 0 Å². The molecular weight excluding hydrogens is 282 g/mol. The van der Waals surface area contributed by atoms with E-state index < -0.39 is 0 Å². The highest BCUT2D eigenvalue weighted by atomic mass is 16.4. The van der Waals surface area contributed by atoms with Crippen LogP contribution in [-0.4, -0.2) is 44.7 Å². The van der Waals surface area contributed by atoms with Crippen LogP contribution >= 0.6 is 0 Å². The predicted octanol–water partition coefficient (Wildman–Crippen LogP) is 1.34. The number of likely N-dealkylation sites (tertiary alicyclic amines) is 1. The second kappa shape index (κ2) is 5.92. The summed E-state index contributed by atoms with van der Waals surface area (Å²) >= 11 is 0. The lowest BCUT2D eigenvalue weighted by Gasteiger charge is -2.34. The Labute approximate surface area is 129 Å². The number of amides is 1. The van der Waals surface area contributed by atoms with Crippen molar-refractivity contribution in [3.05, 3.63) is 23.8 Å². The zero-order valence-corrected chi connectivity index (χ0v) is 13.0. The molecule has 0 spiro atoms. The van der Waals surface area contributed by atoms with Gasteiger partial charge in [-0.25, -0.2) is 4.98 Å². The largest absolute Gasteiger partial charge is 0.440 e. The van der Waals surface area contributed by atoms with E-state index in [0.717, 1.165) is 31.4 Å². The summed E-state index contributed by atoms with van der Waals surface area (Å²) in [6.45, 7) is 2.98. The van der Waals surface area contributed by atoms with Crippen molar-refractivity contribution in [1.82, 2.24) is 19.7 Å². The van der Waals surface area contributed by atoms with Gasteiger partial charge in [0.05, 0.1) is 11.8 Å². The quantitative estimate of drug-likeness (QED) is 0.924. The van der Waals surface area contributed by atoms with E-state index in [0.29, 0.717) is 23.9 Å². The van der Waals surface area contributed by atoms with Crippen molar-refractivity contribution < 1.29 is 9.21 Å². The van der Waals surface area contributed by atoms with Gasteiger partial charge >= 0.3 is 0 Å². The van der Waals surface area contributed by atoms with Crippen LogP contribution in [0.4, 0.5) is 0 Å². The van der Waals surface area contributed by atoms with E-state index in [1.165, 1.54) is 0 Å². The Morgan fingerprint density at radius 1 is 1.50 bits per heavy atom.